The molecule has 9 heteroatoms. The lowest BCUT2D eigenvalue weighted by molar-refractivity contribution is -0.124. The van der Waals surface area contributed by atoms with E-state index in [1.54, 1.807) is 18.2 Å². The van der Waals surface area contributed by atoms with Crippen LogP contribution in [0.15, 0.2) is 42.5 Å². The van der Waals surface area contributed by atoms with Gasteiger partial charge in [-0.2, -0.15) is 0 Å². The average Bonchev–Trinajstić information content (AvgIpc) is 3.66. The van der Waals surface area contributed by atoms with Gasteiger partial charge in [0.05, 0.1) is 29.1 Å². The first kappa shape index (κ1) is 22.0. The lowest BCUT2D eigenvalue weighted by atomic mass is 9.88. The number of carbonyl (C=O) groups excluding carboxylic acids is 1. The minimum Gasteiger partial charge on any atom is -0.365 e. The Morgan fingerprint density at radius 2 is 1.78 bits per heavy atom. The molecule has 0 spiro atoms. The number of rotatable bonds is 6. The molecule has 0 radical (unpaired) electrons. The van der Waals surface area contributed by atoms with Gasteiger partial charge in [-0.05, 0) is 61.6 Å². The number of benzene rings is 2. The molecule has 170 valence electrons. The largest absolute Gasteiger partial charge is 0.365 e. The maximum atomic E-state index is 14.0. The van der Waals surface area contributed by atoms with Crippen molar-refractivity contribution in [2.24, 2.45) is 5.41 Å². The third-order valence-electron chi connectivity index (χ3n) is 6.65. The first-order valence-electron chi connectivity index (χ1n) is 10.8. The lowest BCUT2D eigenvalue weighted by Gasteiger charge is -2.40. The highest BCUT2D eigenvalue weighted by Gasteiger charge is 2.59. The molecule has 2 aromatic rings. The molecule has 1 N–H and O–H groups in total. The van der Waals surface area contributed by atoms with Crippen LogP contribution in [0.4, 0.5) is 11.4 Å². The molecular formula is C23H25Cl2N3O3S. The molecule has 32 heavy (non-hydrogen) atoms. The van der Waals surface area contributed by atoms with Crippen LogP contribution in [0.2, 0.25) is 10.0 Å². The summed E-state index contributed by atoms with van der Waals surface area (Å²) in [6.07, 6.45) is 4.61. The van der Waals surface area contributed by atoms with Crippen molar-refractivity contribution in [1.82, 2.24) is 4.72 Å². The Bertz CT molecular complexity index is 1180. The van der Waals surface area contributed by atoms with Gasteiger partial charge in [0.1, 0.15) is 0 Å². The van der Waals surface area contributed by atoms with Crippen molar-refractivity contribution in [3.63, 3.8) is 0 Å². The van der Waals surface area contributed by atoms with Gasteiger partial charge in [-0.3, -0.25) is 4.79 Å². The number of anilines is 2. The minimum atomic E-state index is -3.61. The van der Waals surface area contributed by atoms with Gasteiger partial charge in [0, 0.05) is 29.2 Å². The Kier molecular flexibility index (Phi) is 5.44. The van der Waals surface area contributed by atoms with Gasteiger partial charge >= 0.3 is 0 Å². The SMILES string of the molecule is CS(=O)(=O)NC(c1cc(Cl)ccc1Cl)C1(C(=O)N2CCN(C3CC3)c3ccccc32)CC1. The van der Waals surface area contributed by atoms with E-state index in [1.165, 1.54) is 12.8 Å². The van der Waals surface area contributed by atoms with Crippen molar-refractivity contribution in [2.75, 3.05) is 29.1 Å². The fraction of sp³-hybridized carbons (Fsp3) is 0.435. The third kappa shape index (κ3) is 4.00. The standard InChI is InChI=1S/C23H25Cl2N3O3S/c1-32(30,31)26-21(17-14-15(24)6-9-18(17)25)23(10-11-23)22(29)28-13-12-27(16-7-8-16)19-4-2-3-5-20(19)28/h2-6,9,14,16,21,26H,7-8,10-13H2,1H3. The number of fused-ring (bicyclic) bond motifs is 1. The van der Waals surface area contributed by atoms with Gasteiger partial charge in [-0.1, -0.05) is 35.3 Å². The molecule has 2 aromatic carbocycles. The number of hydrogen-bond acceptors (Lipinski definition) is 4. The highest BCUT2D eigenvalue weighted by Crippen LogP contribution is 2.58. The Balaban J connectivity index is 1.54. The van der Waals surface area contributed by atoms with Crippen LogP contribution in [-0.4, -0.2) is 39.7 Å². The van der Waals surface area contributed by atoms with Crippen molar-refractivity contribution in [1.29, 1.82) is 0 Å². The van der Waals surface area contributed by atoms with Crippen LogP contribution in [-0.2, 0) is 14.8 Å². The second kappa shape index (κ2) is 7.90. The summed E-state index contributed by atoms with van der Waals surface area (Å²) in [6, 6.07) is 12.7. The molecule has 2 aliphatic carbocycles. The highest BCUT2D eigenvalue weighted by atomic mass is 35.5. The summed E-state index contributed by atoms with van der Waals surface area (Å²) in [5.74, 6) is -0.0717. The van der Waals surface area contributed by atoms with Gasteiger partial charge in [0.15, 0.2) is 0 Å². The van der Waals surface area contributed by atoms with E-state index >= 15 is 0 Å². The summed E-state index contributed by atoms with van der Waals surface area (Å²) < 4.78 is 27.3. The van der Waals surface area contributed by atoms with Crippen LogP contribution in [0.5, 0.6) is 0 Å². The summed E-state index contributed by atoms with van der Waals surface area (Å²) in [7, 11) is -3.61. The van der Waals surface area contributed by atoms with E-state index in [9.17, 15) is 13.2 Å². The molecule has 1 heterocycles. The Labute approximate surface area is 198 Å². The number of carbonyl (C=O) groups is 1. The quantitative estimate of drug-likeness (QED) is 0.647. The van der Waals surface area contributed by atoms with E-state index in [2.05, 4.69) is 15.7 Å². The number of hydrogen-bond donors (Lipinski definition) is 1. The number of amides is 1. The number of para-hydroxylation sites is 2. The van der Waals surface area contributed by atoms with Crippen LogP contribution in [0.3, 0.4) is 0 Å². The van der Waals surface area contributed by atoms with E-state index in [1.807, 2.05) is 23.1 Å². The summed E-state index contributed by atoms with van der Waals surface area (Å²) in [5, 5.41) is 0.824. The molecule has 6 nitrogen and oxygen atoms in total. The van der Waals surface area contributed by atoms with Crippen LogP contribution in [0.1, 0.15) is 37.3 Å². The minimum absolute atomic E-state index is 0.0717. The predicted octanol–water partition coefficient (Wildman–Crippen LogP) is 4.38. The molecule has 3 aliphatic rings. The zero-order valence-electron chi connectivity index (χ0n) is 17.7. The van der Waals surface area contributed by atoms with Crippen LogP contribution >= 0.6 is 23.2 Å². The van der Waals surface area contributed by atoms with Crippen molar-refractivity contribution < 1.29 is 13.2 Å². The molecule has 1 atom stereocenters. The summed E-state index contributed by atoms with van der Waals surface area (Å²) >= 11 is 12.7. The molecule has 1 amide bonds. The monoisotopic (exact) mass is 493 g/mol. The number of halogens is 2. The number of nitrogens with zero attached hydrogens (tertiary/aromatic N) is 2. The molecule has 1 aliphatic heterocycles. The maximum Gasteiger partial charge on any atom is 0.235 e. The fourth-order valence-electron chi connectivity index (χ4n) is 4.81. The average molecular weight is 494 g/mol. The molecule has 0 aromatic heterocycles. The van der Waals surface area contributed by atoms with E-state index in [0.717, 1.165) is 24.2 Å². The topological polar surface area (TPSA) is 69.7 Å². The van der Waals surface area contributed by atoms with E-state index in [0.29, 0.717) is 41.0 Å². The zero-order valence-corrected chi connectivity index (χ0v) is 20.1. The third-order valence-corrected chi connectivity index (χ3v) is 7.89. The van der Waals surface area contributed by atoms with E-state index in [-0.39, 0.29) is 5.91 Å². The summed E-state index contributed by atoms with van der Waals surface area (Å²) in [5.41, 5.74) is 1.59. The van der Waals surface area contributed by atoms with Crippen LogP contribution in [0.25, 0.3) is 0 Å². The maximum absolute atomic E-state index is 14.0. The van der Waals surface area contributed by atoms with Crippen molar-refractivity contribution >= 4 is 50.5 Å². The predicted molar refractivity (Wildman–Crippen MR) is 128 cm³/mol. The van der Waals surface area contributed by atoms with Crippen LogP contribution in [0, 0.1) is 5.41 Å². The van der Waals surface area contributed by atoms with Gasteiger partial charge < -0.3 is 9.80 Å². The van der Waals surface area contributed by atoms with E-state index < -0.39 is 21.5 Å². The van der Waals surface area contributed by atoms with Gasteiger partial charge in [-0.15, -0.1) is 0 Å². The molecule has 2 fully saturated rings. The molecule has 2 saturated carbocycles. The first-order valence-corrected chi connectivity index (χ1v) is 13.4. The van der Waals surface area contributed by atoms with Crippen molar-refractivity contribution in [2.45, 2.75) is 37.8 Å². The normalized spacial score (nSPS) is 20.6. The molecule has 0 saturated heterocycles. The zero-order chi connectivity index (χ0) is 22.7. The highest BCUT2D eigenvalue weighted by molar-refractivity contribution is 7.88. The fourth-order valence-corrected chi connectivity index (χ4v) is 6.00. The first-order chi connectivity index (χ1) is 15.2. The lowest BCUT2D eigenvalue weighted by Crippen LogP contribution is -2.50. The Morgan fingerprint density at radius 1 is 1.09 bits per heavy atom. The molecule has 5 rings (SSSR count). The number of nitrogens with one attached hydrogen (secondary N) is 1. The van der Waals surface area contributed by atoms with Gasteiger partial charge in [0.2, 0.25) is 15.9 Å². The second-order valence-electron chi connectivity index (χ2n) is 9.02. The van der Waals surface area contributed by atoms with E-state index in [4.69, 9.17) is 23.2 Å². The smallest absolute Gasteiger partial charge is 0.235 e. The Hall–Kier alpha value is -1.80. The van der Waals surface area contributed by atoms with Crippen LogP contribution < -0.4 is 14.5 Å². The van der Waals surface area contributed by atoms with Gasteiger partial charge in [0.25, 0.3) is 0 Å². The molecule has 0 bridgehead atoms. The van der Waals surface area contributed by atoms with Gasteiger partial charge in [-0.25, -0.2) is 13.1 Å². The van der Waals surface area contributed by atoms with Crippen molar-refractivity contribution in [3.05, 3.63) is 58.1 Å². The summed E-state index contributed by atoms with van der Waals surface area (Å²) in [6.45, 7) is 1.34. The summed E-state index contributed by atoms with van der Waals surface area (Å²) in [4.78, 5) is 18.2. The van der Waals surface area contributed by atoms with Crippen molar-refractivity contribution in [3.8, 4) is 0 Å². The molecule has 1 unspecified atom stereocenters. The number of sulfonamides is 1. The second-order valence-corrected chi connectivity index (χ2v) is 11.6. The molecular weight excluding hydrogens is 469 g/mol. The Morgan fingerprint density at radius 3 is 2.41 bits per heavy atom.